The first-order valence-electron chi connectivity index (χ1n) is 9.78. The highest BCUT2D eigenvalue weighted by Crippen LogP contribution is 2.23. The highest BCUT2D eigenvalue weighted by atomic mass is 35.5. The lowest BCUT2D eigenvalue weighted by atomic mass is 10.1. The van der Waals surface area contributed by atoms with Gasteiger partial charge in [0.2, 0.25) is 0 Å². The summed E-state index contributed by atoms with van der Waals surface area (Å²) in [6.07, 6.45) is -4.81. The summed E-state index contributed by atoms with van der Waals surface area (Å²) in [5, 5.41) is 9.65. The summed E-state index contributed by atoms with van der Waals surface area (Å²) in [7, 11) is 0. The highest BCUT2D eigenvalue weighted by molar-refractivity contribution is 6.31. The molecule has 3 aromatic rings. The van der Waals surface area contributed by atoms with Crippen LogP contribution in [0.5, 0.6) is 5.75 Å². The molecule has 3 aromatic carbocycles. The summed E-state index contributed by atoms with van der Waals surface area (Å²) < 4.78 is 40.5. The van der Waals surface area contributed by atoms with Crippen LogP contribution in [-0.2, 0) is 0 Å². The van der Waals surface area contributed by atoms with Crippen molar-refractivity contribution < 1.29 is 27.5 Å². The van der Waals surface area contributed by atoms with Crippen molar-refractivity contribution in [2.75, 3.05) is 11.9 Å². The molecule has 0 spiro atoms. The monoisotopic (exact) mass is 490 g/mol. The summed E-state index contributed by atoms with van der Waals surface area (Å²) in [6, 6.07) is 19.2. The standard InChI is InChI=1S/C23H18ClF3N4O3/c24-17-8-4-7-16(13-17)21(32)28-14-20(15-5-2-1-3-6-15)30-31-22(33)29-18-9-11-19(12-10-18)34-23(25,26)27/h1-13H,14H2,(H,28,32)(H2,29,31,33)/b30-20+. The Balaban J connectivity index is 1.64. The van der Waals surface area contributed by atoms with Gasteiger partial charge in [0.1, 0.15) is 5.75 Å². The first-order valence-corrected chi connectivity index (χ1v) is 10.2. The van der Waals surface area contributed by atoms with Gasteiger partial charge < -0.3 is 15.4 Å². The summed E-state index contributed by atoms with van der Waals surface area (Å²) in [5.74, 6) is -0.796. The number of anilines is 1. The van der Waals surface area contributed by atoms with E-state index in [-0.39, 0.29) is 18.1 Å². The van der Waals surface area contributed by atoms with Gasteiger partial charge in [0.15, 0.2) is 0 Å². The van der Waals surface area contributed by atoms with E-state index in [1.807, 2.05) is 0 Å². The third-order valence-corrected chi connectivity index (χ3v) is 4.48. The molecule has 0 aromatic heterocycles. The van der Waals surface area contributed by atoms with Gasteiger partial charge in [0.25, 0.3) is 5.91 Å². The first-order chi connectivity index (χ1) is 16.2. The van der Waals surface area contributed by atoms with Crippen molar-refractivity contribution >= 4 is 34.9 Å². The Morgan fingerprint density at radius 2 is 1.59 bits per heavy atom. The fourth-order valence-electron chi connectivity index (χ4n) is 2.75. The number of nitrogens with zero attached hydrogens (tertiary/aromatic N) is 1. The van der Waals surface area contributed by atoms with Crippen molar-refractivity contribution in [2.24, 2.45) is 5.10 Å². The third kappa shape index (κ3) is 7.82. The third-order valence-electron chi connectivity index (χ3n) is 4.25. The van der Waals surface area contributed by atoms with Gasteiger partial charge in [-0.3, -0.25) is 4.79 Å². The highest BCUT2D eigenvalue weighted by Gasteiger charge is 2.30. The molecule has 0 heterocycles. The smallest absolute Gasteiger partial charge is 0.406 e. The number of carbonyl (C=O) groups excluding carboxylic acids is 2. The molecule has 0 unspecified atom stereocenters. The zero-order valence-corrected chi connectivity index (χ0v) is 18.2. The molecule has 0 saturated heterocycles. The molecule has 11 heteroatoms. The Bertz CT molecular complexity index is 1170. The van der Waals surface area contributed by atoms with Crippen LogP contribution in [-0.4, -0.2) is 30.6 Å². The normalized spacial score (nSPS) is 11.5. The Labute approximate surface area is 197 Å². The number of carbonyl (C=O) groups is 2. The van der Waals surface area contributed by atoms with Crippen LogP contribution >= 0.6 is 11.6 Å². The Morgan fingerprint density at radius 1 is 0.912 bits per heavy atom. The largest absolute Gasteiger partial charge is 0.573 e. The average molecular weight is 491 g/mol. The number of alkyl halides is 3. The molecule has 3 amide bonds. The van der Waals surface area contributed by atoms with E-state index < -0.39 is 18.1 Å². The van der Waals surface area contributed by atoms with Crippen LogP contribution in [0.4, 0.5) is 23.7 Å². The first kappa shape index (κ1) is 24.6. The summed E-state index contributed by atoms with van der Waals surface area (Å²) in [6.45, 7) is -0.000875. The van der Waals surface area contributed by atoms with E-state index in [9.17, 15) is 22.8 Å². The Kier molecular flexibility index (Phi) is 8.10. The van der Waals surface area contributed by atoms with Crippen molar-refractivity contribution in [3.8, 4) is 5.75 Å². The summed E-state index contributed by atoms with van der Waals surface area (Å²) in [5.41, 5.74) is 3.91. The maximum absolute atomic E-state index is 12.4. The van der Waals surface area contributed by atoms with E-state index >= 15 is 0 Å². The molecule has 0 aliphatic heterocycles. The minimum Gasteiger partial charge on any atom is -0.406 e. The van der Waals surface area contributed by atoms with Crippen LogP contribution in [0.1, 0.15) is 15.9 Å². The minimum atomic E-state index is -4.81. The molecule has 0 bridgehead atoms. The van der Waals surface area contributed by atoms with Crippen LogP contribution in [0.2, 0.25) is 5.02 Å². The van der Waals surface area contributed by atoms with Gasteiger partial charge in [-0.1, -0.05) is 48.0 Å². The quantitative estimate of drug-likeness (QED) is 0.314. The van der Waals surface area contributed by atoms with Crippen LogP contribution in [0, 0.1) is 0 Å². The maximum Gasteiger partial charge on any atom is 0.573 e. The predicted molar refractivity (Wildman–Crippen MR) is 122 cm³/mol. The Hall–Kier alpha value is -4.05. The molecule has 0 aliphatic rings. The molecule has 34 heavy (non-hydrogen) atoms. The summed E-state index contributed by atoms with van der Waals surface area (Å²) in [4.78, 5) is 24.6. The molecule has 0 fully saturated rings. The molecular weight excluding hydrogens is 473 g/mol. The van der Waals surface area contributed by atoms with Gasteiger partial charge in [-0.15, -0.1) is 13.2 Å². The second kappa shape index (κ2) is 11.2. The van der Waals surface area contributed by atoms with Gasteiger partial charge >= 0.3 is 12.4 Å². The number of amides is 3. The fraction of sp³-hybridized carbons (Fsp3) is 0.0870. The number of benzene rings is 3. The van der Waals surface area contributed by atoms with Crippen molar-refractivity contribution in [1.82, 2.24) is 10.7 Å². The van der Waals surface area contributed by atoms with Gasteiger partial charge in [-0.25, -0.2) is 10.2 Å². The second-order valence-electron chi connectivity index (χ2n) is 6.76. The van der Waals surface area contributed by atoms with E-state index in [0.717, 1.165) is 12.1 Å². The van der Waals surface area contributed by atoms with Gasteiger partial charge in [-0.05, 0) is 48.0 Å². The molecule has 176 valence electrons. The number of urea groups is 1. The van der Waals surface area contributed by atoms with E-state index in [1.165, 1.54) is 18.2 Å². The zero-order valence-electron chi connectivity index (χ0n) is 17.4. The summed E-state index contributed by atoms with van der Waals surface area (Å²) >= 11 is 5.92. The van der Waals surface area contributed by atoms with Gasteiger partial charge in [0, 0.05) is 16.3 Å². The molecule has 3 rings (SSSR count). The van der Waals surface area contributed by atoms with E-state index in [1.54, 1.807) is 48.5 Å². The molecule has 0 aliphatic carbocycles. The van der Waals surface area contributed by atoms with Crippen molar-refractivity contribution in [3.63, 3.8) is 0 Å². The molecule has 3 N–H and O–H groups in total. The predicted octanol–water partition coefficient (Wildman–Crippen LogP) is 5.19. The SMILES string of the molecule is O=C(N/N=C(\CNC(=O)c1cccc(Cl)c1)c1ccccc1)Nc1ccc(OC(F)(F)F)cc1. The van der Waals surface area contributed by atoms with Crippen molar-refractivity contribution in [1.29, 1.82) is 0 Å². The lowest BCUT2D eigenvalue weighted by Crippen LogP contribution is -2.32. The molecule has 0 radical (unpaired) electrons. The zero-order chi connectivity index (χ0) is 24.6. The number of ether oxygens (including phenoxy) is 1. The van der Waals surface area contributed by atoms with Crippen LogP contribution in [0.15, 0.2) is 84.0 Å². The number of hydrogen-bond acceptors (Lipinski definition) is 4. The van der Waals surface area contributed by atoms with E-state index in [4.69, 9.17) is 11.6 Å². The number of hydrogen-bond donors (Lipinski definition) is 3. The second-order valence-corrected chi connectivity index (χ2v) is 7.19. The van der Waals surface area contributed by atoms with Crippen molar-refractivity contribution in [2.45, 2.75) is 6.36 Å². The van der Waals surface area contributed by atoms with E-state index in [0.29, 0.717) is 21.9 Å². The number of hydrazone groups is 1. The van der Waals surface area contributed by atoms with Crippen LogP contribution in [0.25, 0.3) is 0 Å². The van der Waals surface area contributed by atoms with Gasteiger partial charge in [-0.2, -0.15) is 5.10 Å². The van der Waals surface area contributed by atoms with Gasteiger partial charge in [0.05, 0.1) is 12.3 Å². The lowest BCUT2D eigenvalue weighted by molar-refractivity contribution is -0.274. The average Bonchev–Trinajstić information content (AvgIpc) is 2.80. The van der Waals surface area contributed by atoms with Crippen LogP contribution < -0.4 is 20.8 Å². The topological polar surface area (TPSA) is 91.8 Å². The maximum atomic E-state index is 12.4. The number of rotatable bonds is 7. The van der Waals surface area contributed by atoms with E-state index in [2.05, 4.69) is 25.9 Å². The Morgan fingerprint density at radius 3 is 2.24 bits per heavy atom. The number of halogens is 4. The molecule has 7 nitrogen and oxygen atoms in total. The molecule has 0 saturated carbocycles. The van der Waals surface area contributed by atoms with Crippen molar-refractivity contribution in [3.05, 3.63) is 95.0 Å². The fourth-order valence-corrected chi connectivity index (χ4v) is 2.94. The number of nitrogens with one attached hydrogen (secondary N) is 3. The minimum absolute atomic E-state index is 0.000875. The molecular formula is C23H18ClF3N4O3. The molecule has 0 atom stereocenters. The van der Waals surface area contributed by atoms with Crippen LogP contribution in [0.3, 0.4) is 0 Å². The lowest BCUT2D eigenvalue weighted by Gasteiger charge is -2.11.